The van der Waals surface area contributed by atoms with Crippen LogP contribution in [-0.2, 0) is 20.3 Å². The Kier molecular flexibility index (Phi) is 6.08. The van der Waals surface area contributed by atoms with Gasteiger partial charge in [0, 0.05) is 25.3 Å². The maximum Gasteiger partial charge on any atom is 0.321 e. The van der Waals surface area contributed by atoms with Crippen LogP contribution in [0.25, 0.3) is 0 Å². The van der Waals surface area contributed by atoms with Crippen molar-refractivity contribution in [3.63, 3.8) is 0 Å². The minimum absolute atomic E-state index is 0.0238. The number of likely N-dealkylation sites (tertiary alicyclic amines) is 1. The molecular weight excluding hydrogens is 366 g/mol. The van der Waals surface area contributed by atoms with Gasteiger partial charge in [0.25, 0.3) is 0 Å². The Bertz CT molecular complexity index is 781. The van der Waals surface area contributed by atoms with E-state index in [9.17, 15) is 13.2 Å². The van der Waals surface area contributed by atoms with Crippen molar-refractivity contribution in [2.75, 3.05) is 38.6 Å². The van der Waals surface area contributed by atoms with E-state index in [-0.39, 0.29) is 23.9 Å². The smallest absolute Gasteiger partial charge is 0.321 e. The van der Waals surface area contributed by atoms with Crippen molar-refractivity contribution in [2.45, 2.75) is 43.4 Å². The lowest BCUT2D eigenvalue weighted by Gasteiger charge is -2.45. The number of ether oxygens (including phenoxy) is 1. The molecule has 0 bridgehead atoms. The number of nitrogens with zero attached hydrogens (tertiary/aromatic N) is 2. The maximum atomic E-state index is 12.7. The highest BCUT2D eigenvalue weighted by atomic mass is 32.2. The van der Waals surface area contributed by atoms with Crippen LogP contribution in [0.5, 0.6) is 0 Å². The summed E-state index contributed by atoms with van der Waals surface area (Å²) in [5, 5.41) is 2.49. The Morgan fingerprint density at radius 3 is 2.85 bits per heavy atom. The number of hydrogen-bond acceptors (Lipinski definition) is 5. The third-order valence-electron chi connectivity index (χ3n) is 5.41. The van der Waals surface area contributed by atoms with Gasteiger partial charge in [0.15, 0.2) is 9.84 Å². The molecule has 2 amide bonds. The van der Waals surface area contributed by atoms with Gasteiger partial charge in [-0.1, -0.05) is 12.1 Å². The van der Waals surface area contributed by atoms with Crippen molar-refractivity contribution in [2.24, 2.45) is 0 Å². The molecule has 0 aliphatic carbocycles. The van der Waals surface area contributed by atoms with E-state index in [4.69, 9.17) is 4.74 Å². The van der Waals surface area contributed by atoms with Crippen LogP contribution in [0.2, 0.25) is 0 Å². The summed E-state index contributed by atoms with van der Waals surface area (Å²) in [5.74, 6) is -0.0238. The second-order valence-electron chi connectivity index (χ2n) is 7.68. The van der Waals surface area contributed by atoms with E-state index in [1.807, 2.05) is 4.90 Å². The van der Waals surface area contributed by atoms with E-state index < -0.39 is 15.1 Å². The zero-order chi connectivity index (χ0) is 19.6. The fourth-order valence-corrected chi connectivity index (χ4v) is 4.54. The number of urea groups is 1. The number of nitrogens with one attached hydrogen (secondary N) is 1. The molecule has 0 aromatic heterocycles. The molecule has 3 rings (SSSR count). The fourth-order valence-electron chi connectivity index (χ4n) is 3.57. The number of carbonyl (C=O) groups excluding carboxylic acids is 1. The van der Waals surface area contributed by atoms with Gasteiger partial charge < -0.3 is 15.0 Å². The topological polar surface area (TPSA) is 79.0 Å². The van der Waals surface area contributed by atoms with Crippen molar-refractivity contribution in [3.8, 4) is 0 Å². The predicted molar refractivity (Wildman–Crippen MR) is 106 cm³/mol. The number of hydrogen-bond donors (Lipinski definition) is 1. The standard InChI is InChI=1S/C19H29N3O4S/c1-14(2)27(24,25)13-15-5-4-6-16(11-15)20-19(23)22-8-7-18-17(12-22)21(3)9-10-26-18/h4-6,11,14,17-18H,7-10,12-13H2,1-3H3,(H,20,23). The molecule has 150 valence electrons. The summed E-state index contributed by atoms with van der Waals surface area (Å²) in [6, 6.07) is 7.13. The number of anilines is 1. The molecule has 0 saturated carbocycles. The zero-order valence-corrected chi connectivity index (χ0v) is 17.0. The van der Waals surface area contributed by atoms with Gasteiger partial charge in [-0.25, -0.2) is 13.2 Å². The second-order valence-corrected chi connectivity index (χ2v) is 10.2. The molecule has 27 heavy (non-hydrogen) atoms. The van der Waals surface area contributed by atoms with E-state index in [1.165, 1.54) is 0 Å². The van der Waals surface area contributed by atoms with Gasteiger partial charge in [-0.05, 0) is 45.0 Å². The van der Waals surface area contributed by atoms with Gasteiger partial charge in [-0.2, -0.15) is 0 Å². The number of sulfone groups is 1. The number of piperidine rings is 1. The van der Waals surface area contributed by atoms with Gasteiger partial charge in [-0.15, -0.1) is 0 Å². The van der Waals surface area contributed by atoms with Crippen LogP contribution in [0.4, 0.5) is 10.5 Å². The Morgan fingerprint density at radius 2 is 2.11 bits per heavy atom. The largest absolute Gasteiger partial charge is 0.375 e. The van der Waals surface area contributed by atoms with E-state index in [2.05, 4.69) is 17.3 Å². The van der Waals surface area contributed by atoms with Crippen LogP contribution in [0, 0.1) is 0 Å². The summed E-state index contributed by atoms with van der Waals surface area (Å²) in [6.07, 6.45) is 1.02. The number of benzene rings is 1. The highest BCUT2D eigenvalue weighted by Crippen LogP contribution is 2.23. The second kappa shape index (κ2) is 8.16. The van der Waals surface area contributed by atoms with Crippen molar-refractivity contribution in [1.82, 2.24) is 9.80 Å². The zero-order valence-electron chi connectivity index (χ0n) is 16.2. The lowest BCUT2D eigenvalue weighted by Crippen LogP contribution is -2.60. The fraction of sp³-hybridized carbons (Fsp3) is 0.632. The highest BCUT2D eigenvalue weighted by Gasteiger charge is 2.36. The first-order chi connectivity index (χ1) is 12.8. The van der Waals surface area contributed by atoms with Crippen LogP contribution < -0.4 is 5.32 Å². The average Bonchev–Trinajstić information content (AvgIpc) is 2.61. The van der Waals surface area contributed by atoms with Gasteiger partial charge in [0.05, 0.1) is 29.8 Å². The number of rotatable bonds is 4. The lowest BCUT2D eigenvalue weighted by atomic mass is 9.99. The Balaban J connectivity index is 1.63. The number of likely N-dealkylation sites (N-methyl/N-ethyl adjacent to an activating group) is 1. The predicted octanol–water partition coefficient (Wildman–Crippen LogP) is 1.95. The molecule has 8 heteroatoms. The molecule has 2 saturated heterocycles. The molecule has 0 radical (unpaired) electrons. The molecular formula is C19H29N3O4S. The molecule has 2 unspecified atom stereocenters. The Morgan fingerprint density at radius 1 is 1.33 bits per heavy atom. The van der Waals surface area contributed by atoms with Crippen LogP contribution in [0.3, 0.4) is 0 Å². The van der Waals surface area contributed by atoms with Crippen molar-refractivity contribution in [3.05, 3.63) is 29.8 Å². The number of fused-ring (bicyclic) bond motifs is 1. The van der Waals surface area contributed by atoms with E-state index in [1.54, 1.807) is 38.1 Å². The van der Waals surface area contributed by atoms with Crippen molar-refractivity contribution < 1.29 is 17.9 Å². The molecule has 2 aliphatic rings. The summed E-state index contributed by atoms with van der Waals surface area (Å²) >= 11 is 0. The van der Waals surface area contributed by atoms with Gasteiger partial charge in [0.2, 0.25) is 0 Å². The molecule has 0 spiro atoms. The summed E-state index contributed by atoms with van der Waals surface area (Å²) < 4.78 is 30.1. The Labute approximate surface area is 161 Å². The van der Waals surface area contributed by atoms with Crippen LogP contribution in [0.1, 0.15) is 25.8 Å². The minimum Gasteiger partial charge on any atom is -0.375 e. The molecule has 2 heterocycles. The maximum absolute atomic E-state index is 12.7. The average molecular weight is 396 g/mol. The van der Waals surface area contributed by atoms with Crippen LogP contribution in [0.15, 0.2) is 24.3 Å². The first kappa shape index (κ1) is 20.1. The third kappa shape index (κ3) is 4.80. The van der Waals surface area contributed by atoms with Gasteiger partial charge in [0.1, 0.15) is 0 Å². The van der Waals surface area contributed by atoms with Crippen molar-refractivity contribution in [1.29, 1.82) is 0 Å². The quantitative estimate of drug-likeness (QED) is 0.843. The van der Waals surface area contributed by atoms with Crippen LogP contribution >= 0.6 is 0 Å². The van der Waals surface area contributed by atoms with Gasteiger partial charge in [-0.3, -0.25) is 4.90 Å². The van der Waals surface area contributed by atoms with Crippen LogP contribution in [-0.4, -0.2) is 74.9 Å². The molecule has 7 nitrogen and oxygen atoms in total. The monoisotopic (exact) mass is 395 g/mol. The van der Waals surface area contributed by atoms with E-state index in [0.29, 0.717) is 24.3 Å². The van der Waals surface area contributed by atoms with Crippen molar-refractivity contribution >= 4 is 21.6 Å². The summed E-state index contributed by atoms with van der Waals surface area (Å²) in [5.41, 5.74) is 1.30. The number of amides is 2. The normalized spacial score (nSPS) is 23.9. The third-order valence-corrected chi connectivity index (χ3v) is 7.59. The number of morpholine rings is 1. The Hall–Kier alpha value is -1.64. The molecule has 1 N–H and O–H groups in total. The molecule has 2 aliphatic heterocycles. The summed E-state index contributed by atoms with van der Waals surface area (Å²) in [4.78, 5) is 16.8. The molecule has 1 aromatic rings. The van der Waals surface area contributed by atoms with E-state index >= 15 is 0 Å². The van der Waals surface area contributed by atoms with Gasteiger partial charge >= 0.3 is 6.03 Å². The summed E-state index contributed by atoms with van der Waals surface area (Å²) in [7, 11) is -1.11. The molecule has 2 fully saturated rings. The lowest BCUT2D eigenvalue weighted by molar-refractivity contribution is -0.0875. The minimum atomic E-state index is -3.18. The summed E-state index contributed by atoms with van der Waals surface area (Å²) in [6.45, 7) is 6.27. The SMILES string of the molecule is CC(C)S(=O)(=O)Cc1cccc(NC(=O)N2CCC3OCCN(C)C3C2)c1. The van der Waals surface area contributed by atoms with E-state index in [0.717, 1.165) is 19.6 Å². The molecule has 2 atom stereocenters. The highest BCUT2D eigenvalue weighted by molar-refractivity contribution is 7.91. The molecule has 1 aromatic carbocycles. The number of carbonyl (C=O) groups is 1. The first-order valence-corrected chi connectivity index (χ1v) is 11.2. The first-order valence-electron chi connectivity index (χ1n) is 9.44.